The van der Waals surface area contributed by atoms with Crippen molar-refractivity contribution in [1.29, 1.82) is 0 Å². The van der Waals surface area contributed by atoms with Crippen molar-refractivity contribution in [2.75, 3.05) is 6.54 Å². The molecule has 5 heteroatoms. The summed E-state index contributed by atoms with van der Waals surface area (Å²) in [5.41, 5.74) is 1.75. The molecule has 2 aromatic rings. The average molecular weight is 318 g/mol. The molecular weight excluding hydrogens is 296 g/mol. The third-order valence-electron chi connectivity index (χ3n) is 3.49. The zero-order valence-electron chi connectivity index (χ0n) is 12.8. The molecule has 2 rings (SSSR count). The Morgan fingerprint density at radius 2 is 2.09 bits per heavy atom. The zero-order valence-corrected chi connectivity index (χ0v) is 13.6. The van der Waals surface area contributed by atoms with E-state index in [4.69, 9.17) is 0 Å². The van der Waals surface area contributed by atoms with Gasteiger partial charge in [-0.15, -0.1) is 11.3 Å². The average Bonchev–Trinajstić information content (AvgIpc) is 3.02. The summed E-state index contributed by atoms with van der Waals surface area (Å²) in [6.07, 6.45) is 2.70. The maximum atomic E-state index is 12.0. The van der Waals surface area contributed by atoms with Gasteiger partial charge in [-0.2, -0.15) is 0 Å². The summed E-state index contributed by atoms with van der Waals surface area (Å²) in [5.74, 6) is -0.162. The Morgan fingerprint density at radius 1 is 1.32 bits per heavy atom. The van der Waals surface area contributed by atoms with Crippen LogP contribution >= 0.6 is 11.3 Å². The molecule has 1 heterocycles. The number of nitrogens with one attached hydrogen (secondary N) is 1. The molecule has 0 spiro atoms. The number of carbonyl (C=O) groups excluding carboxylic acids is 1. The van der Waals surface area contributed by atoms with Gasteiger partial charge in [-0.25, -0.2) is 4.98 Å². The van der Waals surface area contributed by atoms with Gasteiger partial charge in [0.05, 0.1) is 11.1 Å². The number of rotatable bonds is 8. The molecule has 1 aromatic heterocycles. The number of thiazole rings is 1. The summed E-state index contributed by atoms with van der Waals surface area (Å²) in [7, 11) is 0. The number of carbonyl (C=O) groups is 1. The van der Waals surface area contributed by atoms with Gasteiger partial charge in [-0.3, -0.25) is 4.79 Å². The van der Waals surface area contributed by atoms with Crippen LogP contribution < -0.4 is 5.32 Å². The van der Waals surface area contributed by atoms with Crippen LogP contribution in [0.25, 0.3) is 0 Å². The highest BCUT2D eigenvalue weighted by atomic mass is 32.1. The summed E-state index contributed by atoms with van der Waals surface area (Å²) in [5, 5.41) is 15.0. The second kappa shape index (κ2) is 8.66. The van der Waals surface area contributed by atoms with E-state index in [0.717, 1.165) is 17.8 Å². The van der Waals surface area contributed by atoms with Gasteiger partial charge in [0.2, 0.25) is 0 Å². The van der Waals surface area contributed by atoms with Crippen molar-refractivity contribution >= 4 is 17.2 Å². The van der Waals surface area contributed by atoms with Gasteiger partial charge in [0, 0.05) is 18.3 Å². The first kappa shape index (κ1) is 16.6. The number of hydrogen-bond acceptors (Lipinski definition) is 4. The van der Waals surface area contributed by atoms with E-state index in [0.29, 0.717) is 25.1 Å². The number of amides is 1. The monoisotopic (exact) mass is 318 g/mol. The molecule has 0 radical (unpaired) electrons. The van der Waals surface area contributed by atoms with Gasteiger partial charge in [-0.1, -0.05) is 37.3 Å². The first-order valence-electron chi connectivity index (χ1n) is 7.63. The van der Waals surface area contributed by atoms with Gasteiger partial charge >= 0.3 is 0 Å². The van der Waals surface area contributed by atoms with Crippen LogP contribution in [-0.4, -0.2) is 28.6 Å². The van der Waals surface area contributed by atoms with Gasteiger partial charge in [-0.05, 0) is 24.8 Å². The minimum absolute atomic E-state index is 0.162. The summed E-state index contributed by atoms with van der Waals surface area (Å²) >= 11 is 1.52. The molecule has 1 amide bonds. The predicted molar refractivity (Wildman–Crippen MR) is 89.2 cm³/mol. The van der Waals surface area contributed by atoms with E-state index in [-0.39, 0.29) is 12.0 Å². The normalized spacial score (nSPS) is 12.1. The summed E-state index contributed by atoms with van der Waals surface area (Å²) in [4.78, 5) is 16.3. The fourth-order valence-corrected chi connectivity index (χ4v) is 2.85. The standard InChI is InChI=1S/C17H22N2O2S/c1-2-14(20)10-11-18-17(21)15-12-22-16(19-15)9-8-13-6-4-3-5-7-13/h3-7,12,14,20H,2,8-11H2,1H3,(H,18,21). The largest absolute Gasteiger partial charge is 0.393 e. The number of benzene rings is 1. The highest BCUT2D eigenvalue weighted by Gasteiger charge is 2.11. The molecule has 0 saturated carbocycles. The predicted octanol–water partition coefficient (Wildman–Crippen LogP) is 2.82. The van der Waals surface area contributed by atoms with Crippen LogP contribution in [0.1, 0.15) is 40.8 Å². The molecule has 22 heavy (non-hydrogen) atoms. The first-order valence-corrected chi connectivity index (χ1v) is 8.51. The Kier molecular flexibility index (Phi) is 6.55. The fraction of sp³-hybridized carbons (Fsp3) is 0.412. The number of nitrogens with zero attached hydrogens (tertiary/aromatic N) is 1. The van der Waals surface area contributed by atoms with Crippen molar-refractivity contribution in [3.63, 3.8) is 0 Å². The highest BCUT2D eigenvalue weighted by molar-refractivity contribution is 7.09. The number of aryl methyl sites for hydroxylation is 2. The van der Waals surface area contributed by atoms with Crippen LogP contribution in [0.5, 0.6) is 0 Å². The molecule has 0 fully saturated rings. The molecule has 0 aliphatic heterocycles. The molecule has 118 valence electrons. The van der Waals surface area contributed by atoms with Gasteiger partial charge < -0.3 is 10.4 Å². The first-order chi connectivity index (χ1) is 10.7. The van der Waals surface area contributed by atoms with E-state index in [1.807, 2.05) is 25.1 Å². The van der Waals surface area contributed by atoms with Crippen molar-refractivity contribution < 1.29 is 9.90 Å². The quantitative estimate of drug-likeness (QED) is 0.787. The number of hydrogen-bond donors (Lipinski definition) is 2. The van der Waals surface area contributed by atoms with Crippen LogP contribution in [0, 0.1) is 0 Å². The van der Waals surface area contributed by atoms with E-state index in [9.17, 15) is 9.90 Å². The molecule has 1 unspecified atom stereocenters. The molecule has 0 saturated heterocycles. The molecule has 0 aliphatic rings. The third-order valence-corrected chi connectivity index (χ3v) is 4.40. The molecule has 2 N–H and O–H groups in total. The van der Waals surface area contributed by atoms with Crippen LogP contribution in [0.15, 0.2) is 35.7 Å². The van der Waals surface area contributed by atoms with Crippen molar-refractivity contribution in [2.24, 2.45) is 0 Å². The molecule has 1 aromatic carbocycles. The summed E-state index contributed by atoms with van der Waals surface area (Å²) < 4.78 is 0. The molecule has 4 nitrogen and oxygen atoms in total. The van der Waals surface area contributed by atoms with Gasteiger partial charge in [0.25, 0.3) is 5.91 Å². The van der Waals surface area contributed by atoms with E-state index >= 15 is 0 Å². The lowest BCUT2D eigenvalue weighted by Gasteiger charge is -2.07. The zero-order chi connectivity index (χ0) is 15.8. The van der Waals surface area contributed by atoms with E-state index in [1.54, 1.807) is 5.38 Å². The number of aliphatic hydroxyl groups is 1. The summed E-state index contributed by atoms with van der Waals surface area (Å²) in [6.45, 7) is 2.40. The maximum absolute atomic E-state index is 12.0. The Labute approximate surface area is 135 Å². The second-order valence-corrected chi connectivity index (χ2v) is 6.16. The Morgan fingerprint density at radius 3 is 2.82 bits per heavy atom. The molecule has 0 bridgehead atoms. The maximum Gasteiger partial charge on any atom is 0.270 e. The van der Waals surface area contributed by atoms with Gasteiger partial charge in [0.15, 0.2) is 0 Å². The fourth-order valence-electron chi connectivity index (χ4n) is 2.07. The highest BCUT2D eigenvalue weighted by Crippen LogP contribution is 2.13. The van der Waals surface area contributed by atoms with Gasteiger partial charge in [0.1, 0.15) is 5.69 Å². The lowest BCUT2D eigenvalue weighted by atomic mass is 10.1. The van der Waals surface area contributed by atoms with E-state index < -0.39 is 0 Å². The van der Waals surface area contributed by atoms with Crippen molar-refractivity contribution in [1.82, 2.24) is 10.3 Å². The Balaban J connectivity index is 1.79. The summed E-state index contributed by atoms with van der Waals surface area (Å²) in [6, 6.07) is 10.3. The van der Waals surface area contributed by atoms with Crippen LogP contribution in [-0.2, 0) is 12.8 Å². The smallest absolute Gasteiger partial charge is 0.270 e. The Bertz CT molecular complexity index is 583. The second-order valence-electron chi connectivity index (χ2n) is 5.22. The van der Waals surface area contributed by atoms with Crippen molar-refractivity contribution in [3.05, 3.63) is 52.0 Å². The minimum Gasteiger partial charge on any atom is -0.393 e. The molecular formula is C17H22N2O2S. The molecule has 1 atom stereocenters. The van der Waals surface area contributed by atoms with Crippen LogP contribution in [0.4, 0.5) is 0 Å². The van der Waals surface area contributed by atoms with Crippen molar-refractivity contribution in [2.45, 2.75) is 38.7 Å². The van der Waals surface area contributed by atoms with E-state index in [2.05, 4.69) is 22.4 Å². The Hall–Kier alpha value is -1.72. The van der Waals surface area contributed by atoms with Crippen LogP contribution in [0.2, 0.25) is 0 Å². The minimum atomic E-state index is -0.350. The lowest BCUT2D eigenvalue weighted by Crippen LogP contribution is -2.27. The topological polar surface area (TPSA) is 62.2 Å². The SMILES string of the molecule is CCC(O)CCNC(=O)c1csc(CCc2ccccc2)n1. The van der Waals surface area contributed by atoms with Crippen LogP contribution in [0.3, 0.4) is 0 Å². The van der Waals surface area contributed by atoms with E-state index in [1.165, 1.54) is 16.9 Å². The lowest BCUT2D eigenvalue weighted by molar-refractivity contribution is 0.0937. The van der Waals surface area contributed by atoms with Crippen molar-refractivity contribution in [3.8, 4) is 0 Å². The third kappa shape index (κ3) is 5.24. The number of aromatic nitrogens is 1. The molecule has 0 aliphatic carbocycles. The number of aliphatic hydroxyl groups excluding tert-OH is 1.